The van der Waals surface area contributed by atoms with E-state index in [1.54, 1.807) is 6.33 Å². The van der Waals surface area contributed by atoms with Crippen molar-refractivity contribution in [3.8, 4) is 0 Å². The van der Waals surface area contributed by atoms with Crippen LogP contribution >= 0.6 is 0 Å². The first-order valence-electron chi connectivity index (χ1n) is 11.0. The van der Waals surface area contributed by atoms with Gasteiger partial charge in [-0.25, -0.2) is 4.79 Å². The number of rotatable bonds is 3. The summed E-state index contributed by atoms with van der Waals surface area (Å²) in [6.45, 7) is 4.77. The van der Waals surface area contributed by atoms with Crippen molar-refractivity contribution in [2.24, 2.45) is 10.9 Å². The van der Waals surface area contributed by atoms with E-state index < -0.39 is 11.5 Å². The normalized spacial score (nSPS) is 20.6. The Hall–Kier alpha value is -3.48. The largest absolute Gasteiger partial charge is 0.511 e. The van der Waals surface area contributed by atoms with Crippen LogP contribution in [-0.4, -0.2) is 42.2 Å². The Labute approximate surface area is 186 Å². The van der Waals surface area contributed by atoms with E-state index in [-0.39, 0.29) is 17.3 Å². The molecule has 3 aromatic rings. The van der Waals surface area contributed by atoms with Crippen molar-refractivity contribution in [1.29, 1.82) is 0 Å². The number of aromatic nitrogens is 3. The van der Waals surface area contributed by atoms with Gasteiger partial charge >= 0.3 is 5.97 Å². The average molecular weight is 431 g/mol. The first kappa shape index (κ1) is 20.4. The zero-order chi connectivity index (χ0) is 22.5. The molecule has 0 amide bonds. The van der Waals surface area contributed by atoms with Crippen molar-refractivity contribution < 1.29 is 15.0 Å². The van der Waals surface area contributed by atoms with Crippen LogP contribution in [0.4, 0.5) is 0 Å². The Morgan fingerprint density at radius 1 is 1.16 bits per heavy atom. The van der Waals surface area contributed by atoms with Gasteiger partial charge in [-0.2, -0.15) is 0 Å². The quantitative estimate of drug-likeness (QED) is 0.481. The molecule has 2 aliphatic rings. The van der Waals surface area contributed by atoms with Crippen LogP contribution < -0.4 is 0 Å². The van der Waals surface area contributed by atoms with Gasteiger partial charge < -0.3 is 14.8 Å². The molecular weight excluding hydrogens is 404 g/mol. The van der Waals surface area contributed by atoms with Gasteiger partial charge in [0.05, 0.1) is 11.3 Å². The molecule has 7 heteroatoms. The fourth-order valence-electron chi connectivity index (χ4n) is 5.00. The maximum absolute atomic E-state index is 12.5. The average Bonchev–Trinajstić information content (AvgIpc) is 3.09. The lowest BCUT2D eigenvalue weighted by molar-refractivity contribution is -0.132. The van der Waals surface area contributed by atoms with Crippen LogP contribution in [0.2, 0.25) is 0 Å². The number of hydrogen-bond donors (Lipinski definition) is 2. The number of carbonyl (C=O) groups is 1. The van der Waals surface area contributed by atoms with E-state index in [9.17, 15) is 15.0 Å². The minimum atomic E-state index is -1.16. The van der Waals surface area contributed by atoms with Gasteiger partial charge in [-0.05, 0) is 49.4 Å². The van der Waals surface area contributed by atoms with Crippen molar-refractivity contribution in [2.45, 2.75) is 51.6 Å². The summed E-state index contributed by atoms with van der Waals surface area (Å²) in [6.07, 6.45) is 4.32. The summed E-state index contributed by atoms with van der Waals surface area (Å²) in [7, 11) is 0. The van der Waals surface area contributed by atoms with Gasteiger partial charge in [-0.15, -0.1) is 10.2 Å². The minimum Gasteiger partial charge on any atom is -0.511 e. The Kier molecular flexibility index (Phi) is 4.84. The monoisotopic (exact) mass is 430 g/mol. The lowest BCUT2D eigenvalue weighted by atomic mass is 9.81. The maximum Gasteiger partial charge on any atom is 0.341 e. The summed E-state index contributed by atoms with van der Waals surface area (Å²) in [5.41, 5.74) is 1.62. The lowest BCUT2D eigenvalue weighted by Crippen LogP contribution is -2.32. The van der Waals surface area contributed by atoms with Gasteiger partial charge in [0.25, 0.3) is 0 Å². The molecular formula is C25H26N4O3. The summed E-state index contributed by atoms with van der Waals surface area (Å²) in [5.74, 6) is -0.863. The summed E-state index contributed by atoms with van der Waals surface area (Å²) >= 11 is 0. The Morgan fingerprint density at radius 2 is 1.97 bits per heavy atom. The van der Waals surface area contributed by atoms with E-state index in [1.165, 1.54) is 0 Å². The number of allylic oxidation sites excluding steroid dienone is 1. The van der Waals surface area contributed by atoms with E-state index in [0.717, 1.165) is 40.7 Å². The van der Waals surface area contributed by atoms with Gasteiger partial charge in [-0.3, -0.25) is 4.99 Å². The van der Waals surface area contributed by atoms with E-state index >= 15 is 0 Å². The van der Waals surface area contributed by atoms with Crippen LogP contribution in [0.15, 0.2) is 59.1 Å². The maximum atomic E-state index is 12.5. The van der Waals surface area contributed by atoms with Gasteiger partial charge in [0.2, 0.25) is 0 Å². The molecule has 0 spiro atoms. The molecule has 0 saturated heterocycles. The van der Waals surface area contributed by atoms with Gasteiger partial charge in [-0.1, -0.05) is 36.4 Å². The van der Waals surface area contributed by atoms with Crippen LogP contribution in [0.3, 0.4) is 0 Å². The number of nitrogens with zero attached hydrogens (tertiary/aromatic N) is 4. The van der Waals surface area contributed by atoms with Crippen LogP contribution in [0, 0.1) is 5.92 Å². The first-order chi connectivity index (χ1) is 15.3. The highest BCUT2D eigenvalue weighted by molar-refractivity contribution is 6.28. The molecule has 0 radical (unpaired) electrons. The number of aliphatic hydroxyl groups is 1. The highest BCUT2D eigenvalue weighted by Crippen LogP contribution is 2.36. The number of aliphatic hydroxyl groups excluding tert-OH is 1. The third-order valence-electron chi connectivity index (χ3n) is 6.49. The first-order valence-corrected chi connectivity index (χ1v) is 11.0. The van der Waals surface area contributed by atoms with Crippen molar-refractivity contribution >= 4 is 22.5 Å². The molecule has 1 unspecified atom stereocenters. The highest BCUT2D eigenvalue weighted by atomic mass is 16.4. The molecule has 0 bridgehead atoms. The summed E-state index contributed by atoms with van der Waals surface area (Å²) in [6, 6.07) is 12.0. The number of carboxylic acids is 1. The molecule has 5 rings (SSSR count). The second-order valence-electron chi connectivity index (χ2n) is 9.31. The highest BCUT2D eigenvalue weighted by Gasteiger charge is 2.35. The number of fused-ring (bicyclic) bond motifs is 4. The Morgan fingerprint density at radius 3 is 2.78 bits per heavy atom. The van der Waals surface area contributed by atoms with Crippen molar-refractivity contribution in [3.05, 3.63) is 71.0 Å². The number of aliphatic carboxylic acids is 1. The summed E-state index contributed by atoms with van der Waals surface area (Å²) in [4.78, 5) is 17.4. The molecule has 0 fully saturated rings. The Bertz CT molecular complexity index is 1290. The van der Waals surface area contributed by atoms with E-state index in [4.69, 9.17) is 4.99 Å². The molecule has 7 nitrogen and oxygen atoms in total. The second kappa shape index (κ2) is 7.58. The topological polar surface area (TPSA) is 101 Å². The van der Waals surface area contributed by atoms with E-state index in [0.29, 0.717) is 25.0 Å². The molecule has 164 valence electrons. The fourth-order valence-corrected chi connectivity index (χ4v) is 5.00. The van der Waals surface area contributed by atoms with Crippen LogP contribution in [-0.2, 0) is 24.2 Å². The van der Waals surface area contributed by atoms with E-state index in [1.807, 2.05) is 42.7 Å². The van der Waals surface area contributed by atoms with Crippen molar-refractivity contribution in [3.63, 3.8) is 0 Å². The van der Waals surface area contributed by atoms with Crippen LogP contribution in [0.1, 0.15) is 43.6 Å². The van der Waals surface area contributed by atoms with Crippen molar-refractivity contribution in [2.75, 3.05) is 0 Å². The minimum absolute atomic E-state index is 0.104. The number of aliphatic imine (C=N–C) groups is 1. The number of benzene rings is 2. The molecule has 1 aromatic heterocycles. The molecule has 1 atom stereocenters. The predicted octanol–water partition coefficient (Wildman–Crippen LogP) is 4.10. The third kappa shape index (κ3) is 3.47. The van der Waals surface area contributed by atoms with Crippen LogP contribution in [0.25, 0.3) is 10.8 Å². The smallest absolute Gasteiger partial charge is 0.341 e. The molecule has 2 aliphatic heterocycles. The number of aryl methyl sites for hydroxylation is 1. The SMILES string of the molecule is CC1(C)Cc2c(ccc3ccccc23)C(/C(C(=O)O)=C(\O)C2CCCn3cnnc3C2)=N1. The zero-order valence-corrected chi connectivity index (χ0v) is 18.2. The molecule has 3 heterocycles. The van der Waals surface area contributed by atoms with Crippen molar-refractivity contribution in [1.82, 2.24) is 14.8 Å². The predicted molar refractivity (Wildman–Crippen MR) is 122 cm³/mol. The molecule has 0 aliphatic carbocycles. The zero-order valence-electron chi connectivity index (χ0n) is 18.2. The van der Waals surface area contributed by atoms with Crippen LogP contribution in [0.5, 0.6) is 0 Å². The second-order valence-corrected chi connectivity index (χ2v) is 9.31. The van der Waals surface area contributed by atoms with E-state index in [2.05, 4.69) is 22.3 Å². The number of carboxylic acid groups (broad SMARTS) is 1. The third-order valence-corrected chi connectivity index (χ3v) is 6.49. The molecule has 2 N–H and O–H groups in total. The van der Waals surface area contributed by atoms with Gasteiger partial charge in [0.1, 0.15) is 23.5 Å². The van der Waals surface area contributed by atoms with Gasteiger partial charge in [0, 0.05) is 24.4 Å². The summed E-state index contributed by atoms with van der Waals surface area (Å²) < 4.78 is 1.97. The standard InChI is InChI=1S/C25H26N4O3/c1-25(2)13-19-17-8-4-3-6-15(17)9-10-18(19)22(27-25)21(24(31)32)23(30)16-7-5-11-29-14-26-28-20(29)12-16/h3-4,6,8-10,14,16,30H,5,7,11-13H2,1-2H3,(H,31,32)/b23-21+. The molecule has 0 saturated carbocycles. The lowest BCUT2D eigenvalue weighted by Gasteiger charge is -2.31. The molecule has 2 aromatic carbocycles. The summed E-state index contributed by atoms with van der Waals surface area (Å²) in [5, 5.41) is 31.9. The fraction of sp³-hybridized carbons (Fsp3) is 0.360. The Balaban J connectivity index is 1.67. The number of hydrogen-bond acceptors (Lipinski definition) is 5. The van der Waals surface area contributed by atoms with Gasteiger partial charge in [0.15, 0.2) is 0 Å². The molecule has 32 heavy (non-hydrogen) atoms.